The predicted molar refractivity (Wildman–Crippen MR) is 64.7 cm³/mol. The molecule has 8 heteroatoms. The van der Waals surface area contributed by atoms with Crippen LogP contribution >= 0.6 is 0 Å². The van der Waals surface area contributed by atoms with Crippen molar-refractivity contribution >= 4 is 11.9 Å². The van der Waals surface area contributed by atoms with Gasteiger partial charge in [-0.05, 0) is 19.8 Å². The molecule has 1 N–H and O–H groups in total. The lowest BCUT2D eigenvalue weighted by Gasteiger charge is -2.44. The van der Waals surface area contributed by atoms with Crippen molar-refractivity contribution in [2.75, 3.05) is 19.7 Å². The van der Waals surface area contributed by atoms with Gasteiger partial charge in [-0.3, -0.25) is 9.69 Å². The number of amides is 1. The van der Waals surface area contributed by atoms with E-state index in [1.165, 1.54) is 6.92 Å². The highest BCUT2D eigenvalue weighted by molar-refractivity contribution is 5.87. The van der Waals surface area contributed by atoms with Crippen LogP contribution in [0.5, 0.6) is 0 Å². The van der Waals surface area contributed by atoms with Crippen molar-refractivity contribution < 1.29 is 27.5 Å². The molecule has 0 unspecified atom stereocenters. The molecule has 1 rings (SSSR count). The Morgan fingerprint density at radius 1 is 1.20 bits per heavy atom. The number of esters is 1. The topological polar surface area (TPSA) is 58.6 Å². The molecule has 0 aromatic carbocycles. The van der Waals surface area contributed by atoms with Gasteiger partial charge in [0, 0.05) is 20.0 Å². The fourth-order valence-electron chi connectivity index (χ4n) is 2.34. The summed E-state index contributed by atoms with van der Waals surface area (Å²) in [5.74, 6) is -2.41. The number of ether oxygens (including phenoxy) is 1. The van der Waals surface area contributed by atoms with Gasteiger partial charge in [-0.1, -0.05) is 6.42 Å². The molecule has 5 nitrogen and oxygen atoms in total. The maximum Gasteiger partial charge on any atom is 0.436 e. The molecule has 0 saturated carbocycles. The fraction of sp³-hybridized carbons (Fsp3) is 0.833. The summed E-state index contributed by atoms with van der Waals surface area (Å²) in [5.41, 5.74) is -3.09. The summed E-state index contributed by atoms with van der Waals surface area (Å²) in [6.07, 6.45) is -3.08. The first-order valence-electron chi connectivity index (χ1n) is 6.53. The van der Waals surface area contributed by atoms with E-state index in [0.717, 1.165) is 18.2 Å². The summed E-state index contributed by atoms with van der Waals surface area (Å²) >= 11 is 0. The number of hydrogen-bond donors (Lipinski definition) is 1. The lowest BCUT2D eigenvalue weighted by atomic mass is 10.0. The largest absolute Gasteiger partial charge is 0.463 e. The number of carbonyl (C=O) groups is 2. The van der Waals surface area contributed by atoms with E-state index in [4.69, 9.17) is 0 Å². The van der Waals surface area contributed by atoms with Crippen molar-refractivity contribution in [1.29, 1.82) is 0 Å². The molecule has 1 heterocycles. The van der Waals surface area contributed by atoms with Crippen LogP contribution in [-0.4, -0.2) is 48.3 Å². The predicted octanol–water partition coefficient (Wildman–Crippen LogP) is 1.43. The Labute approximate surface area is 115 Å². The van der Waals surface area contributed by atoms with E-state index in [-0.39, 0.29) is 19.7 Å². The van der Waals surface area contributed by atoms with E-state index in [1.54, 1.807) is 5.32 Å². The van der Waals surface area contributed by atoms with Crippen LogP contribution < -0.4 is 5.32 Å². The lowest BCUT2D eigenvalue weighted by molar-refractivity contribution is -0.251. The zero-order chi connectivity index (χ0) is 15.4. The van der Waals surface area contributed by atoms with E-state index in [2.05, 4.69) is 4.74 Å². The van der Waals surface area contributed by atoms with Crippen LogP contribution in [0.4, 0.5) is 13.2 Å². The summed E-state index contributed by atoms with van der Waals surface area (Å²) in [5, 5.41) is 1.78. The zero-order valence-electron chi connectivity index (χ0n) is 11.5. The van der Waals surface area contributed by atoms with Gasteiger partial charge in [-0.15, -0.1) is 0 Å². The van der Waals surface area contributed by atoms with Gasteiger partial charge in [0.05, 0.1) is 6.61 Å². The van der Waals surface area contributed by atoms with Gasteiger partial charge in [0.2, 0.25) is 5.91 Å². The Morgan fingerprint density at radius 2 is 1.75 bits per heavy atom. The number of nitrogens with one attached hydrogen (secondary N) is 1. The van der Waals surface area contributed by atoms with Crippen LogP contribution in [0.25, 0.3) is 0 Å². The molecular weight excluding hydrogens is 277 g/mol. The summed E-state index contributed by atoms with van der Waals surface area (Å²) in [6, 6.07) is 0. The number of likely N-dealkylation sites (tertiary alicyclic amines) is 1. The Balaban J connectivity index is 3.23. The molecule has 1 amide bonds. The molecule has 1 atom stereocenters. The standard InChI is InChI=1S/C12H19F3N2O3/c1-3-20-10(19)11(12(13,14)15,16-9(2)18)17-7-5-4-6-8-17/h3-8H2,1-2H3,(H,16,18)/t11-/m0/s1. The van der Waals surface area contributed by atoms with Crippen LogP contribution in [0, 0.1) is 0 Å². The first kappa shape index (κ1) is 16.7. The summed E-state index contributed by atoms with van der Waals surface area (Å²) in [7, 11) is 0. The van der Waals surface area contributed by atoms with Gasteiger partial charge >= 0.3 is 12.1 Å². The molecule has 1 fully saturated rings. The van der Waals surface area contributed by atoms with Crippen LogP contribution in [0.3, 0.4) is 0 Å². The number of halogens is 3. The van der Waals surface area contributed by atoms with Crippen LogP contribution in [0.1, 0.15) is 33.1 Å². The van der Waals surface area contributed by atoms with Crippen molar-refractivity contribution in [3.63, 3.8) is 0 Å². The number of rotatable bonds is 4. The second kappa shape index (κ2) is 6.43. The first-order chi connectivity index (χ1) is 9.25. The van der Waals surface area contributed by atoms with E-state index >= 15 is 0 Å². The fourth-order valence-corrected chi connectivity index (χ4v) is 2.34. The molecule has 20 heavy (non-hydrogen) atoms. The molecule has 0 aromatic heterocycles. The summed E-state index contributed by atoms with van der Waals surface area (Å²) < 4.78 is 45.2. The highest BCUT2D eigenvalue weighted by atomic mass is 19.4. The normalized spacial score (nSPS) is 20.1. The molecule has 0 radical (unpaired) electrons. The van der Waals surface area contributed by atoms with Gasteiger partial charge in [0.25, 0.3) is 5.66 Å². The molecule has 1 aliphatic rings. The molecular formula is C12H19F3N2O3. The van der Waals surface area contributed by atoms with E-state index < -0.39 is 23.7 Å². The number of nitrogens with zero attached hydrogens (tertiary/aromatic N) is 1. The van der Waals surface area contributed by atoms with E-state index in [1.807, 2.05) is 0 Å². The van der Waals surface area contributed by atoms with Gasteiger partial charge in [-0.25, -0.2) is 4.79 Å². The average Bonchev–Trinajstić information content (AvgIpc) is 2.35. The lowest BCUT2D eigenvalue weighted by Crippen LogP contribution is -2.74. The second-order valence-electron chi connectivity index (χ2n) is 4.66. The van der Waals surface area contributed by atoms with Crippen molar-refractivity contribution in [1.82, 2.24) is 10.2 Å². The van der Waals surface area contributed by atoms with E-state index in [0.29, 0.717) is 12.8 Å². The minimum atomic E-state index is -4.96. The molecule has 0 bridgehead atoms. The van der Waals surface area contributed by atoms with E-state index in [9.17, 15) is 22.8 Å². The van der Waals surface area contributed by atoms with Gasteiger partial charge < -0.3 is 10.1 Å². The quantitative estimate of drug-likeness (QED) is 0.797. The van der Waals surface area contributed by atoms with Crippen LogP contribution in [0.2, 0.25) is 0 Å². The molecule has 1 aliphatic heterocycles. The monoisotopic (exact) mass is 296 g/mol. The number of hydrogen-bond acceptors (Lipinski definition) is 4. The first-order valence-corrected chi connectivity index (χ1v) is 6.53. The maximum absolute atomic E-state index is 13.5. The Bertz CT molecular complexity index is 367. The van der Waals surface area contributed by atoms with Crippen molar-refractivity contribution in [2.45, 2.75) is 44.9 Å². The molecule has 0 spiro atoms. The number of piperidine rings is 1. The molecule has 0 aliphatic carbocycles. The van der Waals surface area contributed by atoms with Crippen LogP contribution in [0.15, 0.2) is 0 Å². The zero-order valence-corrected chi connectivity index (χ0v) is 11.5. The average molecular weight is 296 g/mol. The van der Waals surface area contributed by atoms with Gasteiger partial charge in [0.15, 0.2) is 0 Å². The maximum atomic E-state index is 13.5. The van der Waals surface area contributed by atoms with Gasteiger partial charge in [-0.2, -0.15) is 13.2 Å². The summed E-state index contributed by atoms with van der Waals surface area (Å²) in [6.45, 7) is 2.34. The number of carbonyl (C=O) groups excluding carboxylic acids is 2. The smallest absolute Gasteiger partial charge is 0.436 e. The number of alkyl halides is 3. The molecule has 0 aromatic rings. The highest BCUT2D eigenvalue weighted by Gasteiger charge is 2.66. The third-order valence-electron chi connectivity index (χ3n) is 3.17. The Hall–Kier alpha value is -1.31. The Morgan fingerprint density at radius 3 is 2.15 bits per heavy atom. The molecule has 1 saturated heterocycles. The SMILES string of the molecule is CCOC(=O)[C@](NC(C)=O)(N1CCCCC1)C(F)(F)F. The second-order valence-corrected chi connectivity index (χ2v) is 4.66. The van der Waals surface area contributed by atoms with Gasteiger partial charge in [0.1, 0.15) is 0 Å². The van der Waals surface area contributed by atoms with Crippen molar-refractivity contribution in [3.8, 4) is 0 Å². The Kier molecular flexibility index (Phi) is 5.38. The third kappa shape index (κ3) is 3.23. The minimum Gasteiger partial charge on any atom is -0.463 e. The third-order valence-corrected chi connectivity index (χ3v) is 3.17. The highest BCUT2D eigenvalue weighted by Crippen LogP contribution is 2.36. The molecule has 116 valence electrons. The summed E-state index contributed by atoms with van der Waals surface area (Å²) in [4.78, 5) is 24.1. The van der Waals surface area contributed by atoms with Crippen molar-refractivity contribution in [2.24, 2.45) is 0 Å². The van der Waals surface area contributed by atoms with Crippen molar-refractivity contribution in [3.05, 3.63) is 0 Å². The van der Waals surface area contributed by atoms with Crippen LogP contribution in [-0.2, 0) is 14.3 Å². The minimum absolute atomic E-state index is 0.0819.